The lowest BCUT2D eigenvalue weighted by Gasteiger charge is -2.23. The molecule has 0 heterocycles. The van der Waals surface area contributed by atoms with E-state index in [0.29, 0.717) is 12.2 Å². The van der Waals surface area contributed by atoms with Gasteiger partial charge in [0.2, 0.25) is 0 Å². The molecule has 0 amide bonds. The molecule has 0 aromatic carbocycles. The molecule has 0 rings (SSSR count). The minimum Gasteiger partial charge on any atom is -0.465 e. The van der Waals surface area contributed by atoms with E-state index in [2.05, 4.69) is 41.6 Å². The third kappa shape index (κ3) is 21.8. The number of hydrogen-bond acceptors (Lipinski definition) is 8. The molecule has 3 unspecified atom stereocenters. The van der Waals surface area contributed by atoms with Gasteiger partial charge in [0.15, 0.2) is 5.25 Å². The zero-order chi connectivity index (χ0) is 31.4. The molecule has 0 saturated carbocycles. The second-order valence-electron chi connectivity index (χ2n) is 11.3. The Kier molecular flexibility index (Phi) is 21.8. The summed E-state index contributed by atoms with van der Waals surface area (Å²) in [5, 5.41) is -1.95. The number of rotatable bonds is 20. The van der Waals surface area contributed by atoms with Gasteiger partial charge in [-0.3, -0.25) is 14.1 Å². The highest BCUT2D eigenvalue weighted by molar-refractivity contribution is 7.87. The highest BCUT2D eigenvalue weighted by Crippen LogP contribution is 2.17. The summed E-state index contributed by atoms with van der Waals surface area (Å²) in [6, 6.07) is 0. The van der Waals surface area contributed by atoms with Crippen molar-refractivity contribution in [1.82, 2.24) is 0 Å². The summed E-state index contributed by atoms with van der Waals surface area (Å²) in [5.41, 5.74) is 0.455. The lowest BCUT2D eigenvalue weighted by molar-refractivity contribution is -0.870. The van der Waals surface area contributed by atoms with E-state index >= 15 is 0 Å². The van der Waals surface area contributed by atoms with Gasteiger partial charge in [-0.15, -0.1) is 0 Å². The minimum absolute atomic E-state index is 0.0747. The number of quaternary nitrogens is 1. The van der Waals surface area contributed by atoms with Crippen molar-refractivity contribution in [2.24, 2.45) is 11.8 Å². The molecule has 1 N–H and O–H groups in total. The number of nitrogens with zero attached hydrogens (tertiary/aromatic N) is 1. The van der Waals surface area contributed by atoms with E-state index in [1.54, 1.807) is 6.92 Å². The number of hydrogen-bond donors (Lipinski definition) is 1. The van der Waals surface area contributed by atoms with Crippen LogP contribution in [0, 0.1) is 11.8 Å². The van der Waals surface area contributed by atoms with Crippen molar-refractivity contribution in [3.05, 3.63) is 12.2 Å². The standard InChI is InChI=1S/C20H38O7S.C9H18NO2/c1-5-9-11-16(7-3)14-26-19(21)13-18(28(23,24)25)20(22)27-15-17(8-4)12-10-6-2;1-8(2)9(11)12-7-6-10(3,4)5/h16-18H,5-15H2,1-4H3,(H,23,24,25);1,6-7H2,2-5H3/q;+1. The van der Waals surface area contributed by atoms with Crippen LogP contribution < -0.4 is 0 Å². The SMILES string of the molecule is C=C(C)C(=O)OCC[N+](C)(C)C.CCCCC(CC)COC(=O)CC(C(=O)OCC(CC)CCCC)S(=O)(=O)O. The number of carbonyl (C=O) groups excluding carboxylic acids is 3. The van der Waals surface area contributed by atoms with Gasteiger partial charge in [0.1, 0.15) is 13.2 Å². The van der Waals surface area contributed by atoms with E-state index in [9.17, 15) is 27.4 Å². The molecule has 0 aliphatic heterocycles. The molecule has 0 bridgehead atoms. The van der Waals surface area contributed by atoms with Gasteiger partial charge in [0.05, 0.1) is 40.8 Å². The van der Waals surface area contributed by atoms with Crippen molar-refractivity contribution in [3.63, 3.8) is 0 Å². The molecule has 0 aromatic rings. The van der Waals surface area contributed by atoms with E-state index in [1.165, 1.54) is 0 Å². The maximum absolute atomic E-state index is 12.2. The number of ether oxygens (including phenoxy) is 3. The summed E-state index contributed by atoms with van der Waals surface area (Å²) in [4.78, 5) is 35.1. The average Bonchev–Trinajstić information content (AvgIpc) is 2.86. The fourth-order valence-electron chi connectivity index (χ4n) is 3.36. The van der Waals surface area contributed by atoms with Crippen molar-refractivity contribution < 1.29 is 46.0 Å². The van der Waals surface area contributed by atoms with Crippen LogP contribution in [0.1, 0.15) is 92.4 Å². The quantitative estimate of drug-likeness (QED) is 0.0682. The second kappa shape index (κ2) is 21.7. The molecule has 0 fully saturated rings. The Morgan fingerprint density at radius 3 is 1.70 bits per heavy atom. The normalized spacial score (nSPS) is 13.7. The molecule has 0 aliphatic rings. The van der Waals surface area contributed by atoms with Crippen LogP contribution in [0.25, 0.3) is 0 Å². The number of esters is 3. The molecule has 0 saturated heterocycles. The Hall–Kier alpha value is -1.98. The first-order chi connectivity index (χ1) is 18.5. The van der Waals surface area contributed by atoms with E-state index in [-0.39, 0.29) is 31.0 Å². The monoisotopic (exact) mass is 594 g/mol. The molecule has 0 aliphatic carbocycles. The van der Waals surface area contributed by atoms with Crippen LogP contribution in [-0.2, 0) is 38.7 Å². The Bertz CT molecular complexity index is 850. The molecule has 11 heteroatoms. The fraction of sp³-hybridized carbons (Fsp3) is 0.828. The first-order valence-electron chi connectivity index (χ1n) is 14.4. The van der Waals surface area contributed by atoms with Crippen LogP contribution in [0.4, 0.5) is 0 Å². The van der Waals surface area contributed by atoms with Crippen LogP contribution in [0.2, 0.25) is 0 Å². The van der Waals surface area contributed by atoms with E-state index in [1.807, 2.05) is 13.8 Å². The Morgan fingerprint density at radius 2 is 1.32 bits per heavy atom. The summed E-state index contributed by atoms with van der Waals surface area (Å²) in [6.45, 7) is 14.8. The third-order valence-electron chi connectivity index (χ3n) is 6.35. The molecular weight excluding hydrogens is 538 g/mol. The predicted molar refractivity (Wildman–Crippen MR) is 157 cm³/mol. The van der Waals surface area contributed by atoms with Crippen LogP contribution in [-0.4, -0.2) is 88.1 Å². The average molecular weight is 595 g/mol. The van der Waals surface area contributed by atoms with Gasteiger partial charge in [-0.25, -0.2) is 4.79 Å². The van der Waals surface area contributed by atoms with Crippen LogP contribution >= 0.6 is 0 Å². The van der Waals surface area contributed by atoms with Gasteiger partial charge in [-0.2, -0.15) is 8.42 Å². The van der Waals surface area contributed by atoms with Crippen molar-refractivity contribution >= 4 is 28.0 Å². The Balaban J connectivity index is 0. The van der Waals surface area contributed by atoms with Gasteiger partial charge >= 0.3 is 17.9 Å². The third-order valence-corrected chi connectivity index (χ3v) is 7.42. The molecule has 40 heavy (non-hydrogen) atoms. The fourth-order valence-corrected chi connectivity index (χ4v) is 4.01. The van der Waals surface area contributed by atoms with E-state index < -0.39 is 33.7 Å². The maximum Gasteiger partial charge on any atom is 0.333 e. The predicted octanol–water partition coefficient (Wildman–Crippen LogP) is 4.96. The van der Waals surface area contributed by atoms with Gasteiger partial charge in [-0.05, 0) is 31.6 Å². The molecule has 0 aromatic heterocycles. The number of unbranched alkanes of at least 4 members (excludes halogenated alkanes) is 2. The lowest BCUT2D eigenvalue weighted by atomic mass is 10.0. The highest BCUT2D eigenvalue weighted by atomic mass is 32.2. The zero-order valence-electron chi connectivity index (χ0n) is 26.2. The summed E-state index contributed by atoms with van der Waals surface area (Å²) in [6.07, 6.45) is 6.74. The van der Waals surface area contributed by atoms with Crippen molar-refractivity contribution in [1.29, 1.82) is 0 Å². The Morgan fingerprint density at radius 1 is 0.850 bits per heavy atom. The van der Waals surface area contributed by atoms with Gasteiger partial charge < -0.3 is 18.7 Å². The van der Waals surface area contributed by atoms with E-state index in [4.69, 9.17) is 14.2 Å². The summed E-state index contributed by atoms with van der Waals surface area (Å²) < 4.78 is 48.5. The van der Waals surface area contributed by atoms with Gasteiger partial charge in [0, 0.05) is 5.57 Å². The summed E-state index contributed by atoms with van der Waals surface area (Å²) >= 11 is 0. The molecule has 0 spiro atoms. The summed E-state index contributed by atoms with van der Waals surface area (Å²) in [5.74, 6) is -1.91. The Labute approximate surface area is 243 Å². The first-order valence-corrected chi connectivity index (χ1v) is 15.9. The zero-order valence-corrected chi connectivity index (χ0v) is 27.0. The van der Waals surface area contributed by atoms with Crippen molar-refractivity contribution in [2.45, 2.75) is 97.7 Å². The van der Waals surface area contributed by atoms with Crippen LogP contribution in [0.5, 0.6) is 0 Å². The maximum atomic E-state index is 12.2. The van der Waals surface area contributed by atoms with Crippen LogP contribution in [0.3, 0.4) is 0 Å². The molecule has 3 atom stereocenters. The van der Waals surface area contributed by atoms with Crippen molar-refractivity contribution in [2.75, 3.05) is 47.5 Å². The van der Waals surface area contributed by atoms with Gasteiger partial charge in [0.25, 0.3) is 10.1 Å². The number of likely N-dealkylation sites (N-methyl/N-ethyl adjacent to an activating group) is 1. The van der Waals surface area contributed by atoms with Crippen molar-refractivity contribution in [3.8, 4) is 0 Å². The highest BCUT2D eigenvalue weighted by Gasteiger charge is 2.36. The largest absolute Gasteiger partial charge is 0.465 e. The number of carbonyl (C=O) groups is 3. The smallest absolute Gasteiger partial charge is 0.333 e. The van der Waals surface area contributed by atoms with E-state index in [0.717, 1.165) is 62.4 Å². The van der Waals surface area contributed by atoms with Gasteiger partial charge in [-0.1, -0.05) is 72.8 Å². The minimum atomic E-state index is -4.76. The first kappa shape index (κ1) is 40.2. The lowest BCUT2D eigenvalue weighted by Crippen LogP contribution is -2.38. The molecule has 0 radical (unpaired) electrons. The molecule has 10 nitrogen and oxygen atoms in total. The summed E-state index contributed by atoms with van der Waals surface area (Å²) in [7, 11) is 1.39. The van der Waals surface area contributed by atoms with Crippen LogP contribution in [0.15, 0.2) is 12.2 Å². The topological polar surface area (TPSA) is 133 Å². The molecular formula is C29H56NO9S+. The second-order valence-corrected chi connectivity index (χ2v) is 12.9. The molecule has 236 valence electrons.